The lowest BCUT2D eigenvalue weighted by Gasteiger charge is -2.24. The van der Waals surface area contributed by atoms with Crippen LogP contribution in [-0.4, -0.2) is 16.3 Å². The molecule has 0 bridgehead atoms. The summed E-state index contributed by atoms with van der Waals surface area (Å²) in [7, 11) is 0. The minimum Gasteiger partial charge on any atom is -0.507 e. The van der Waals surface area contributed by atoms with Gasteiger partial charge in [0.05, 0.1) is 6.92 Å². The molecule has 0 saturated carbocycles. The second-order valence-corrected chi connectivity index (χ2v) is 2.12. The third kappa shape index (κ3) is 0.434. The van der Waals surface area contributed by atoms with Gasteiger partial charge in [-0.05, 0) is 6.92 Å². The van der Waals surface area contributed by atoms with E-state index in [-0.39, 0.29) is 11.7 Å². The first-order valence-electron chi connectivity index (χ1n) is 2.55. The van der Waals surface area contributed by atoms with Crippen molar-refractivity contribution in [3.05, 3.63) is 18.3 Å². The molecular formula is C6H9O2+. The molecule has 0 aromatic carbocycles. The van der Waals surface area contributed by atoms with Crippen LogP contribution in [-0.2, 0) is 0 Å². The SMILES string of the molecule is [CH2+]C1C(O)=C(C)C1O. The van der Waals surface area contributed by atoms with Gasteiger partial charge in [0.15, 0.2) is 5.92 Å². The molecule has 2 heteroatoms. The van der Waals surface area contributed by atoms with Crippen LogP contribution in [0.3, 0.4) is 0 Å². The molecule has 2 atom stereocenters. The van der Waals surface area contributed by atoms with Crippen molar-refractivity contribution in [2.75, 3.05) is 0 Å². The van der Waals surface area contributed by atoms with E-state index in [1.165, 1.54) is 0 Å². The molecule has 0 aromatic heterocycles. The fourth-order valence-corrected chi connectivity index (χ4v) is 0.799. The average Bonchev–Trinajstić information content (AvgIpc) is 1.83. The lowest BCUT2D eigenvalue weighted by Crippen LogP contribution is -2.32. The van der Waals surface area contributed by atoms with E-state index in [9.17, 15) is 0 Å². The maximum Gasteiger partial charge on any atom is 0.181 e. The number of aliphatic hydroxyl groups excluding tert-OH is 2. The summed E-state index contributed by atoms with van der Waals surface area (Å²) in [5.41, 5.74) is 0.657. The number of hydrogen-bond acceptors (Lipinski definition) is 2. The maximum absolute atomic E-state index is 8.88. The zero-order valence-electron chi connectivity index (χ0n) is 4.76. The van der Waals surface area contributed by atoms with Crippen LogP contribution in [0.15, 0.2) is 11.3 Å². The van der Waals surface area contributed by atoms with E-state index in [0.717, 1.165) is 0 Å². The van der Waals surface area contributed by atoms with Gasteiger partial charge >= 0.3 is 0 Å². The van der Waals surface area contributed by atoms with E-state index in [1.807, 2.05) is 0 Å². The van der Waals surface area contributed by atoms with Gasteiger partial charge in [-0.25, -0.2) is 0 Å². The molecule has 8 heavy (non-hydrogen) atoms. The largest absolute Gasteiger partial charge is 0.507 e. The highest BCUT2D eigenvalue weighted by Crippen LogP contribution is 2.31. The lowest BCUT2D eigenvalue weighted by atomic mass is 9.83. The predicted octanol–water partition coefficient (Wildman–Crippen LogP) is 0.643. The van der Waals surface area contributed by atoms with Crippen LogP contribution in [0.25, 0.3) is 0 Å². The van der Waals surface area contributed by atoms with Crippen LogP contribution in [0.4, 0.5) is 0 Å². The number of aliphatic hydroxyl groups is 2. The summed E-state index contributed by atoms with van der Waals surface area (Å²) in [6.45, 7) is 5.19. The summed E-state index contributed by atoms with van der Waals surface area (Å²) < 4.78 is 0. The fraction of sp³-hybridized carbons (Fsp3) is 0.500. The molecule has 2 nitrogen and oxygen atoms in total. The molecule has 0 saturated heterocycles. The molecule has 0 fully saturated rings. The summed E-state index contributed by atoms with van der Waals surface area (Å²) in [5.74, 6) is -0.0347. The van der Waals surface area contributed by atoms with Gasteiger partial charge in [0.1, 0.15) is 11.9 Å². The van der Waals surface area contributed by atoms with Crippen molar-refractivity contribution in [1.29, 1.82) is 0 Å². The van der Waals surface area contributed by atoms with Gasteiger partial charge in [-0.1, -0.05) is 0 Å². The van der Waals surface area contributed by atoms with Crippen LogP contribution in [0, 0.1) is 12.8 Å². The van der Waals surface area contributed by atoms with Crippen molar-refractivity contribution in [3.63, 3.8) is 0 Å². The first kappa shape index (κ1) is 5.51. The zero-order valence-corrected chi connectivity index (χ0v) is 4.76. The Labute approximate surface area is 48.5 Å². The van der Waals surface area contributed by atoms with Crippen molar-refractivity contribution in [2.24, 2.45) is 5.92 Å². The quantitative estimate of drug-likeness (QED) is 0.453. The molecule has 1 aliphatic rings. The highest BCUT2D eigenvalue weighted by atomic mass is 16.3. The Kier molecular flexibility index (Phi) is 0.978. The number of hydrogen-bond donors (Lipinski definition) is 2. The van der Waals surface area contributed by atoms with Crippen molar-refractivity contribution in [3.8, 4) is 0 Å². The third-order valence-electron chi connectivity index (χ3n) is 1.58. The second kappa shape index (κ2) is 1.42. The molecule has 44 valence electrons. The van der Waals surface area contributed by atoms with Crippen molar-refractivity contribution in [1.82, 2.24) is 0 Å². The van der Waals surface area contributed by atoms with Crippen molar-refractivity contribution < 1.29 is 10.2 Å². The van der Waals surface area contributed by atoms with Crippen molar-refractivity contribution >= 4 is 0 Å². The molecule has 1 aliphatic carbocycles. The summed E-state index contributed by atoms with van der Waals surface area (Å²) in [4.78, 5) is 0. The Bertz CT molecular complexity index is 121. The predicted molar refractivity (Wildman–Crippen MR) is 30.2 cm³/mol. The molecule has 0 amide bonds. The van der Waals surface area contributed by atoms with Crippen LogP contribution in [0.5, 0.6) is 0 Å². The molecule has 2 unspecified atom stereocenters. The second-order valence-electron chi connectivity index (χ2n) is 2.12. The van der Waals surface area contributed by atoms with Gasteiger partial charge < -0.3 is 10.2 Å². The van der Waals surface area contributed by atoms with E-state index in [0.29, 0.717) is 5.57 Å². The standard InChI is InChI=1S/C6H8O2/c1-3-5(7)4(2)6(3)8/h3,5,7H,1H2,2H3/p+1. The van der Waals surface area contributed by atoms with Crippen LogP contribution < -0.4 is 0 Å². The zero-order chi connectivity index (χ0) is 6.31. The average molecular weight is 113 g/mol. The first-order valence-corrected chi connectivity index (χ1v) is 2.55. The van der Waals surface area contributed by atoms with Gasteiger partial charge in [-0.3, -0.25) is 0 Å². The summed E-state index contributed by atoms with van der Waals surface area (Å²) >= 11 is 0. The van der Waals surface area contributed by atoms with Crippen LogP contribution in [0.2, 0.25) is 0 Å². The number of rotatable bonds is 0. The Balaban J connectivity index is 2.74. The van der Waals surface area contributed by atoms with Gasteiger partial charge in [0, 0.05) is 5.57 Å². The molecule has 0 spiro atoms. The molecule has 0 aromatic rings. The van der Waals surface area contributed by atoms with E-state index in [1.54, 1.807) is 6.92 Å². The van der Waals surface area contributed by atoms with Gasteiger partial charge in [0.25, 0.3) is 0 Å². The topological polar surface area (TPSA) is 40.5 Å². The smallest absolute Gasteiger partial charge is 0.181 e. The van der Waals surface area contributed by atoms with Gasteiger partial charge in [-0.15, -0.1) is 0 Å². The summed E-state index contributed by atoms with van der Waals surface area (Å²) in [6.07, 6.45) is -0.505. The Morgan fingerprint density at radius 2 is 2.12 bits per heavy atom. The minimum absolute atomic E-state index is 0.248. The minimum atomic E-state index is -0.505. The third-order valence-corrected chi connectivity index (χ3v) is 1.58. The van der Waals surface area contributed by atoms with E-state index < -0.39 is 6.10 Å². The molecule has 0 radical (unpaired) electrons. The Hall–Kier alpha value is -0.630. The van der Waals surface area contributed by atoms with Crippen LogP contribution >= 0.6 is 0 Å². The van der Waals surface area contributed by atoms with Crippen LogP contribution in [0.1, 0.15) is 6.92 Å². The van der Waals surface area contributed by atoms with E-state index in [2.05, 4.69) is 6.92 Å². The molecule has 0 aliphatic heterocycles. The molecule has 1 rings (SSSR count). The molecule has 0 heterocycles. The highest BCUT2D eigenvalue weighted by Gasteiger charge is 2.38. The normalized spacial score (nSPS) is 37.2. The van der Waals surface area contributed by atoms with E-state index >= 15 is 0 Å². The summed E-state index contributed by atoms with van der Waals surface area (Å²) in [6, 6.07) is 0. The molecule has 2 N–H and O–H groups in total. The Morgan fingerprint density at radius 3 is 2.25 bits per heavy atom. The first-order chi connectivity index (χ1) is 3.64. The van der Waals surface area contributed by atoms with Gasteiger partial charge in [-0.2, -0.15) is 0 Å². The van der Waals surface area contributed by atoms with Gasteiger partial charge in [0.2, 0.25) is 0 Å². The maximum atomic E-state index is 8.88. The van der Waals surface area contributed by atoms with Crippen molar-refractivity contribution in [2.45, 2.75) is 13.0 Å². The highest BCUT2D eigenvalue weighted by molar-refractivity contribution is 5.27. The molecular weight excluding hydrogens is 104 g/mol. The fourth-order valence-electron chi connectivity index (χ4n) is 0.799. The Morgan fingerprint density at radius 1 is 1.62 bits per heavy atom. The van der Waals surface area contributed by atoms with E-state index in [4.69, 9.17) is 10.2 Å². The summed E-state index contributed by atoms with van der Waals surface area (Å²) in [5, 5.41) is 17.7. The lowest BCUT2D eigenvalue weighted by molar-refractivity contribution is 0.107. The monoisotopic (exact) mass is 113 g/mol.